The van der Waals surface area contributed by atoms with Crippen molar-refractivity contribution in [2.24, 2.45) is 0 Å². The van der Waals surface area contributed by atoms with Crippen LogP contribution in [0.4, 0.5) is 0 Å². The number of rotatable bonds is 5. The van der Waals surface area contributed by atoms with Crippen molar-refractivity contribution in [2.45, 2.75) is 19.9 Å². The summed E-state index contributed by atoms with van der Waals surface area (Å²) in [5.74, 6) is 1.88. The van der Waals surface area contributed by atoms with Crippen molar-refractivity contribution in [3.63, 3.8) is 0 Å². The van der Waals surface area contributed by atoms with Crippen LogP contribution in [0.15, 0.2) is 16.5 Å². The molecule has 0 aliphatic heterocycles. The molecular formula is C10H15NO2. The van der Waals surface area contributed by atoms with Gasteiger partial charge in [-0.3, -0.25) is 4.90 Å². The molecule has 0 N–H and O–H groups in total. The molecule has 13 heavy (non-hydrogen) atoms. The number of hydrogen-bond acceptors (Lipinski definition) is 3. The van der Waals surface area contributed by atoms with Gasteiger partial charge >= 0.3 is 0 Å². The zero-order valence-electron chi connectivity index (χ0n) is 8.12. The number of aldehydes is 1. The molecule has 0 aromatic carbocycles. The first-order valence-corrected chi connectivity index (χ1v) is 4.40. The molecule has 0 saturated heterocycles. The van der Waals surface area contributed by atoms with Gasteiger partial charge in [-0.05, 0) is 26.1 Å². The average Bonchev–Trinajstić information content (AvgIpc) is 2.48. The Bertz CT molecular complexity index is 268. The summed E-state index contributed by atoms with van der Waals surface area (Å²) in [4.78, 5) is 12.2. The lowest BCUT2D eigenvalue weighted by Gasteiger charge is -2.12. The van der Waals surface area contributed by atoms with Gasteiger partial charge in [0.05, 0.1) is 6.54 Å². The van der Waals surface area contributed by atoms with Crippen LogP contribution >= 0.6 is 0 Å². The molecule has 0 radical (unpaired) electrons. The lowest BCUT2D eigenvalue weighted by molar-refractivity contribution is -0.108. The highest BCUT2D eigenvalue weighted by atomic mass is 16.3. The summed E-state index contributed by atoms with van der Waals surface area (Å²) in [7, 11) is 1.97. The van der Waals surface area contributed by atoms with E-state index in [2.05, 4.69) is 4.90 Å². The fourth-order valence-corrected chi connectivity index (χ4v) is 1.19. The molecular weight excluding hydrogens is 166 g/mol. The van der Waals surface area contributed by atoms with Crippen LogP contribution in [0.2, 0.25) is 0 Å². The second-order valence-corrected chi connectivity index (χ2v) is 3.21. The molecule has 0 bridgehead atoms. The van der Waals surface area contributed by atoms with Crippen molar-refractivity contribution in [3.8, 4) is 0 Å². The molecule has 0 spiro atoms. The van der Waals surface area contributed by atoms with E-state index in [0.29, 0.717) is 6.42 Å². The number of hydrogen-bond donors (Lipinski definition) is 0. The summed E-state index contributed by atoms with van der Waals surface area (Å²) in [5, 5.41) is 0. The second kappa shape index (κ2) is 4.82. The summed E-state index contributed by atoms with van der Waals surface area (Å²) >= 11 is 0. The van der Waals surface area contributed by atoms with Gasteiger partial charge in [-0.15, -0.1) is 0 Å². The van der Waals surface area contributed by atoms with Gasteiger partial charge in [0.1, 0.15) is 17.8 Å². The van der Waals surface area contributed by atoms with E-state index in [0.717, 1.165) is 30.9 Å². The van der Waals surface area contributed by atoms with E-state index in [1.165, 1.54) is 0 Å². The molecule has 1 aromatic rings. The highest BCUT2D eigenvalue weighted by molar-refractivity contribution is 5.49. The van der Waals surface area contributed by atoms with Crippen LogP contribution in [-0.2, 0) is 11.3 Å². The van der Waals surface area contributed by atoms with E-state index in [1.807, 2.05) is 26.1 Å². The quantitative estimate of drug-likeness (QED) is 0.647. The van der Waals surface area contributed by atoms with Crippen LogP contribution in [0.5, 0.6) is 0 Å². The lowest BCUT2D eigenvalue weighted by Crippen LogP contribution is -2.18. The van der Waals surface area contributed by atoms with Crippen LogP contribution < -0.4 is 0 Å². The monoisotopic (exact) mass is 181 g/mol. The van der Waals surface area contributed by atoms with Gasteiger partial charge in [0.15, 0.2) is 0 Å². The summed E-state index contributed by atoms with van der Waals surface area (Å²) in [6, 6.07) is 3.91. The first kappa shape index (κ1) is 9.99. The van der Waals surface area contributed by atoms with Gasteiger partial charge in [0.25, 0.3) is 0 Å². The minimum Gasteiger partial charge on any atom is -0.465 e. The average molecular weight is 181 g/mol. The van der Waals surface area contributed by atoms with Gasteiger partial charge < -0.3 is 9.21 Å². The van der Waals surface area contributed by atoms with Gasteiger partial charge in [0, 0.05) is 13.0 Å². The van der Waals surface area contributed by atoms with Crippen molar-refractivity contribution >= 4 is 6.29 Å². The Balaban J connectivity index is 2.35. The van der Waals surface area contributed by atoms with E-state index in [9.17, 15) is 4.79 Å². The van der Waals surface area contributed by atoms with E-state index in [-0.39, 0.29) is 0 Å². The highest BCUT2D eigenvalue weighted by Crippen LogP contribution is 2.08. The fraction of sp³-hybridized carbons (Fsp3) is 0.500. The smallest absolute Gasteiger partial charge is 0.121 e. The molecule has 0 amide bonds. The third kappa shape index (κ3) is 3.42. The zero-order chi connectivity index (χ0) is 9.68. The zero-order valence-corrected chi connectivity index (χ0v) is 8.12. The number of nitrogens with zero attached hydrogens (tertiary/aromatic N) is 1. The third-order valence-corrected chi connectivity index (χ3v) is 1.85. The second-order valence-electron chi connectivity index (χ2n) is 3.21. The maximum Gasteiger partial charge on any atom is 0.121 e. The first-order chi connectivity index (χ1) is 6.22. The molecule has 0 saturated carbocycles. The Kier molecular flexibility index (Phi) is 3.71. The Morgan fingerprint density at radius 3 is 2.85 bits per heavy atom. The molecule has 0 fully saturated rings. The van der Waals surface area contributed by atoms with Crippen LogP contribution in [0.1, 0.15) is 17.9 Å². The minimum absolute atomic E-state index is 0.580. The van der Waals surface area contributed by atoms with Crippen LogP contribution in [0.25, 0.3) is 0 Å². The third-order valence-electron chi connectivity index (χ3n) is 1.85. The van der Waals surface area contributed by atoms with Crippen molar-refractivity contribution in [3.05, 3.63) is 23.7 Å². The Hall–Kier alpha value is -1.09. The maximum absolute atomic E-state index is 10.1. The van der Waals surface area contributed by atoms with Gasteiger partial charge in [-0.1, -0.05) is 0 Å². The summed E-state index contributed by atoms with van der Waals surface area (Å²) in [5.41, 5.74) is 0. The van der Waals surface area contributed by atoms with Crippen molar-refractivity contribution in [2.75, 3.05) is 13.6 Å². The molecule has 3 nitrogen and oxygen atoms in total. The summed E-state index contributed by atoms with van der Waals surface area (Å²) in [6.07, 6.45) is 1.51. The number of carbonyl (C=O) groups excluding carboxylic acids is 1. The number of aryl methyl sites for hydroxylation is 1. The van der Waals surface area contributed by atoms with Crippen LogP contribution in [-0.4, -0.2) is 24.8 Å². The molecule has 3 heteroatoms. The molecule has 0 unspecified atom stereocenters. The molecule has 0 aliphatic carbocycles. The number of furan rings is 1. The highest BCUT2D eigenvalue weighted by Gasteiger charge is 2.02. The summed E-state index contributed by atoms with van der Waals surface area (Å²) in [6.45, 7) is 3.47. The van der Waals surface area contributed by atoms with Crippen LogP contribution in [0, 0.1) is 6.92 Å². The van der Waals surface area contributed by atoms with Crippen LogP contribution in [0.3, 0.4) is 0 Å². The predicted octanol–water partition coefficient (Wildman–Crippen LogP) is 1.61. The van der Waals surface area contributed by atoms with Crippen molar-refractivity contribution < 1.29 is 9.21 Å². The maximum atomic E-state index is 10.1. The molecule has 0 aliphatic rings. The molecule has 1 aromatic heterocycles. The van der Waals surface area contributed by atoms with E-state index in [4.69, 9.17) is 4.42 Å². The summed E-state index contributed by atoms with van der Waals surface area (Å²) < 4.78 is 5.40. The van der Waals surface area contributed by atoms with E-state index >= 15 is 0 Å². The Morgan fingerprint density at radius 2 is 2.31 bits per heavy atom. The Labute approximate surface area is 78.3 Å². The van der Waals surface area contributed by atoms with E-state index in [1.54, 1.807) is 0 Å². The fourth-order valence-electron chi connectivity index (χ4n) is 1.19. The molecule has 1 heterocycles. The lowest BCUT2D eigenvalue weighted by atomic mass is 10.4. The first-order valence-electron chi connectivity index (χ1n) is 4.40. The predicted molar refractivity (Wildman–Crippen MR) is 50.5 cm³/mol. The van der Waals surface area contributed by atoms with Crippen molar-refractivity contribution in [1.29, 1.82) is 0 Å². The van der Waals surface area contributed by atoms with Gasteiger partial charge in [-0.2, -0.15) is 0 Å². The van der Waals surface area contributed by atoms with E-state index < -0.39 is 0 Å². The van der Waals surface area contributed by atoms with Gasteiger partial charge in [0.2, 0.25) is 0 Å². The van der Waals surface area contributed by atoms with Gasteiger partial charge in [-0.25, -0.2) is 0 Å². The molecule has 0 atom stereocenters. The standard InChI is InChI=1S/C10H15NO2/c1-9-4-5-10(13-9)8-11(2)6-3-7-12/h4-5,7H,3,6,8H2,1-2H3. The topological polar surface area (TPSA) is 33.5 Å². The molecule has 72 valence electrons. The number of carbonyl (C=O) groups is 1. The minimum atomic E-state index is 0.580. The van der Waals surface area contributed by atoms with Crippen molar-refractivity contribution in [1.82, 2.24) is 4.90 Å². The molecule has 1 rings (SSSR count). The Morgan fingerprint density at radius 1 is 1.54 bits per heavy atom. The SMILES string of the molecule is Cc1ccc(CN(C)CCC=O)o1. The largest absolute Gasteiger partial charge is 0.465 e. The normalized spacial score (nSPS) is 10.7.